The Balaban J connectivity index is 0.00000144. The molecule has 0 aliphatic carbocycles. The summed E-state index contributed by atoms with van der Waals surface area (Å²) in [6, 6.07) is 0. The standard InChI is InChI=1S/C9H15NO2.ClH/c11-8-6-4-2-1-3-5-7-9(12)10-8;/h1-7H2,(H,10,11,12);1H. The number of nitrogens with one attached hydrogen (secondary N) is 1. The molecule has 1 N–H and O–H groups in total. The number of carbonyl (C=O) groups is 2. The number of halogens is 1. The molecule has 3 nitrogen and oxygen atoms in total. The van der Waals surface area contributed by atoms with E-state index in [2.05, 4.69) is 5.32 Å². The largest absolute Gasteiger partial charge is 0.296 e. The fraction of sp³-hybridized carbons (Fsp3) is 0.778. The molecule has 1 heterocycles. The average molecular weight is 206 g/mol. The highest BCUT2D eigenvalue weighted by Crippen LogP contribution is 2.08. The molecular formula is C9H16ClNO2. The third-order valence-electron chi connectivity index (χ3n) is 2.09. The molecule has 0 saturated carbocycles. The van der Waals surface area contributed by atoms with Crippen molar-refractivity contribution < 1.29 is 9.59 Å². The van der Waals surface area contributed by atoms with E-state index in [1.807, 2.05) is 0 Å². The molecule has 76 valence electrons. The molecule has 1 aliphatic rings. The smallest absolute Gasteiger partial charge is 0.226 e. The zero-order chi connectivity index (χ0) is 8.81. The molecule has 0 aromatic heterocycles. The maximum Gasteiger partial charge on any atom is 0.226 e. The van der Waals surface area contributed by atoms with Gasteiger partial charge < -0.3 is 0 Å². The van der Waals surface area contributed by atoms with E-state index in [4.69, 9.17) is 0 Å². The minimum atomic E-state index is -0.109. The van der Waals surface area contributed by atoms with E-state index < -0.39 is 0 Å². The molecule has 1 aliphatic heterocycles. The number of imide groups is 1. The van der Waals surface area contributed by atoms with E-state index in [0.717, 1.165) is 32.1 Å². The summed E-state index contributed by atoms with van der Waals surface area (Å²) in [6.07, 6.45) is 6.22. The molecule has 1 fully saturated rings. The van der Waals surface area contributed by atoms with Crippen molar-refractivity contribution in [3.8, 4) is 0 Å². The van der Waals surface area contributed by atoms with Gasteiger partial charge in [0, 0.05) is 12.8 Å². The molecule has 1 rings (SSSR count). The molecule has 0 aromatic carbocycles. The lowest BCUT2D eigenvalue weighted by atomic mass is 10.1. The quantitative estimate of drug-likeness (QED) is 0.613. The van der Waals surface area contributed by atoms with Gasteiger partial charge in [-0.15, -0.1) is 12.4 Å². The van der Waals surface area contributed by atoms with Crippen LogP contribution < -0.4 is 5.32 Å². The van der Waals surface area contributed by atoms with Gasteiger partial charge in [0.25, 0.3) is 0 Å². The monoisotopic (exact) mass is 205 g/mol. The van der Waals surface area contributed by atoms with Crippen LogP contribution in [0.3, 0.4) is 0 Å². The van der Waals surface area contributed by atoms with Crippen molar-refractivity contribution in [3.63, 3.8) is 0 Å². The van der Waals surface area contributed by atoms with Crippen molar-refractivity contribution in [3.05, 3.63) is 0 Å². The Labute approximate surface area is 84.7 Å². The topological polar surface area (TPSA) is 46.2 Å². The highest BCUT2D eigenvalue weighted by Gasteiger charge is 2.08. The van der Waals surface area contributed by atoms with Crippen molar-refractivity contribution in [2.24, 2.45) is 0 Å². The van der Waals surface area contributed by atoms with Crippen molar-refractivity contribution >= 4 is 24.2 Å². The van der Waals surface area contributed by atoms with Gasteiger partial charge in [-0.05, 0) is 12.8 Å². The van der Waals surface area contributed by atoms with Gasteiger partial charge in [0.1, 0.15) is 0 Å². The number of hydrogen-bond acceptors (Lipinski definition) is 2. The minimum absolute atomic E-state index is 0. The Morgan fingerprint density at radius 1 is 0.769 bits per heavy atom. The molecule has 1 saturated heterocycles. The first-order valence-corrected chi connectivity index (χ1v) is 4.62. The molecule has 13 heavy (non-hydrogen) atoms. The van der Waals surface area contributed by atoms with Crippen molar-refractivity contribution in [2.75, 3.05) is 0 Å². The van der Waals surface area contributed by atoms with Gasteiger partial charge in [0.15, 0.2) is 0 Å². The number of rotatable bonds is 0. The lowest BCUT2D eigenvalue weighted by Crippen LogP contribution is -2.30. The van der Waals surface area contributed by atoms with E-state index in [1.165, 1.54) is 0 Å². The van der Waals surface area contributed by atoms with E-state index >= 15 is 0 Å². The summed E-state index contributed by atoms with van der Waals surface area (Å²) < 4.78 is 0. The van der Waals surface area contributed by atoms with E-state index in [1.54, 1.807) is 0 Å². The highest BCUT2D eigenvalue weighted by atomic mass is 35.5. The predicted molar refractivity (Wildman–Crippen MR) is 52.7 cm³/mol. The zero-order valence-corrected chi connectivity index (χ0v) is 8.49. The fourth-order valence-electron chi connectivity index (χ4n) is 1.38. The van der Waals surface area contributed by atoms with Crippen LogP contribution in [-0.4, -0.2) is 11.8 Å². The first-order valence-electron chi connectivity index (χ1n) is 4.62. The van der Waals surface area contributed by atoms with Crippen molar-refractivity contribution in [1.82, 2.24) is 5.32 Å². The summed E-state index contributed by atoms with van der Waals surface area (Å²) in [6.45, 7) is 0. The Morgan fingerprint density at radius 3 is 1.62 bits per heavy atom. The minimum Gasteiger partial charge on any atom is -0.296 e. The van der Waals surface area contributed by atoms with Crippen LogP contribution in [0.2, 0.25) is 0 Å². The molecule has 0 radical (unpaired) electrons. The fourth-order valence-corrected chi connectivity index (χ4v) is 1.38. The number of hydrogen-bond donors (Lipinski definition) is 1. The summed E-state index contributed by atoms with van der Waals surface area (Å²) >= 11 is 0. The van der Waals surface area contributed by atoms with Gasteiger partial charge in [-0.3, -0.25) is 14.9 Å². The van der Waals surface area contributed by atoms with Crippen LogP contribution in [0.1, 0.15) is 44.9 Å². The van der Waals surface area contributed by atoms with Crippen LogP contribution in [0.15, 0.2) is 0 Å². The Morgan fingerprint density at radius 2 is 1.15 bits per heavy atom. The van der Waals surface area contributed by atoms with Gasteiger partial charge >= 0.3 is 0 Å². The Kier molecular flexibility index (Phi) is 6.59. The Hall–Kier alpha value is -0.570. The lowest BCUT2D eigenvalue weighted by Gasteiger charge is -2.06. The normalized spacial score (nSPS) is 20.0. The number of carbonyl (C=O) groups excluding carboxylic acids is 2. The summed E-state index contributed by atoms with van der Waals surface area (Å²) in [5, 5.41) is 2.37. The van der Waals surface area contributed by atoms with Crippen LogP contribution in [0, 0.1) is 0 Å². The SMILES string of the molecule is Cl.O=C1CCCCCCCC(=O)N1. The maximum absolute atomic E-state index is 11.0. The van der Waals surface area contributed by atoms with Crippen LogP contribution in [0.5, 0.6) is 0 Å². The molecule has 0 bridgehead atoms. The van der Waals surface area contributed by atoms with Crippen LogP contribution >= 0.6 is 12.4 Å². The Bertz CT molecular complexity index is 164. The average Bonchev–Trinajstić information content (AvgIpc) is 2.02. The van der Waals surface area contributed by atoms with E-state index in [0.29, 0.717) is 12.8 Å². The van der Waals surface area contributed by atoms with Crippen LogP contribution in [-0.2, 0) is 9.59 Å². The summed E-state index contributed by atoms with van der Waals surface area (Å²) in [7, 11) is 0. The molecule has 2 amide bonds. The molecule has 0 atom stereocenters. The van der Waals surface area contributed by atoms with Gasteiger partial charge in [0.05, 0.1) is 0 Å². The zero-order valence-electron chi connectivity index (χ0n) is 7.67. The second kappa shape index (κ2) is 6.89. The molecule has 0 aromatic rings. The van der Waals surface area contributed by atoms with E-state index in [-0.39, 0.29) is 24.2 Å². The van der Waals surface area contributed by atoms with Gasteiger partial charge in [-0.25, -0.2) is 0 Å². The molecule has 0 unspecified atom stereocenters. The molecule has 0 spiro atoms. The lowest BCUT2D eigenvalue weighted by molar-refractivity contribution is -0.130. The second-order valence-corrected chi connectivity index (χ2v) is 3.24. The second-order valence-electron chi connectivity index (χ2n) is 3.24. The first kappa shape index (κ1) is 12.4. The highest BCUT2D eigenvalue weighted by molar-refractivity contribution is 5.95. The van der Waals surface area contributed by atoms with Gasteiger partial charge in [-0.1, -0.05) is 19.3 Å². The summed E-state index contributed by atoms with van der Waals surface area (Å²) in [5.74, 6) is -0.219. The molecular weight excluding hydrogens is 190 g/mol. The summed E-state index contributed by atoms with van der Waals surface area (Å²) in [4.78, 5) is 22.0. The predicted octanol–water partition coefficient (Wildman–Crippen LogP) is 1.80. The number of amides is 2. The molecule has 4 heteroatoms. The van der Waals surface area contributed by atoms with E-state index in [9.17, 15) is 9.59 Å². The van der Waals surface area contributed by atoms with Crippen LogP contribution in [0.25, 0.3) is 0 Å². The van der Waals surface area contributed by atoms with Crippen LogP contribution in [0.4, 0.5) is 0 Å². The summed E-state index contributed by atoms with van der Waals surface area (Å²) in [5.41, 5.74) is 0. The van der Waals surface area contributed by atoms with Gasteiger partial charge in [0.2, 0.25) is 11.8 Å². The third-order valence-corrected chi connectivity index (χ3v) is 2.09. The van der Waals surface area contributed by atoms with Crippen molar-refractivity contribution in [1.29, 1.82) is 0 Å². The first-order chi connectivity index (χ1) is 5.79. The van der Waals surface area contributed by atoms with Crippen molar-refractivity contribution in [2.45, 2.75) is 44.9 Å². The van der Waals surface area contributed by atoms with Gasteiger partial charge in [-0.2, -0.15) is 0 Å². The maximum atomic E-state index is 11.0. The third kappa shape index (κ3) is 5.64.